The zero-order chi connectivity index (χ0) is 15.0. The molecule has 1 aliphatic rings. The molecule has 0 saturated carbocycles. The number of benzene rings is 1. The lowest BCUT2D eigenvalue weighted by atomic mass is 10.2. The van der Waals surface area contributed by atoms with Gasteiger partial charge in [0.25, 0.3) is 5.56 Å². The number of halogens is 1. The van der Waals surface area contributed by atoms with Crippen LogP contribution in [-0.2, 0) is 13.6 Å². The quantitative estimate of drug-likeness (QED) is 0.845. The molecule has 0 saturated heterocycles. The van der Waals surface area contributed by atoms with Crippen molar-refractivity contribution in [1.29, 1.82) is 0 Å². The van der Waals surface area contributed by atoms with Gasteiger partial charge in [-0.25, -0.2) is 4.68 Å². The van der Waals surface area contributed by atoms with Crippen LogP contribution in [0.25, 0.3) is 0 Å². The zero-order valence-electron chi connectivity index (χ0n) is 11.7. The Morgan fingerprint density at radius 1 is 1.38 bits per heavy atom. The van der Waals surface area contributed by atoms with E-state index in [1.54, 1.807) is 13.2 Å². The van der Waals surface area contributed by atoms with E-state index in [-0.39, 0.29) is 12.4 Å². The molecule has 6 nitrogen and oxygen atoms in total. The molecule has 0 radical (unpaired) electrons. The number of nitrogens with zero attached hydrogens (tertiary/aromatic N) is 3. The minimum absolute atomic E-state index is 0.162. The Balaban J connectivity index is 1.85. The molecular weight excluding hydrogens is 338 g/mol. The van der Waals surface area contributed by atoms with Crippen molar-refractivity contribution in [2.24, 2.45) is 7.05 Å². The van der Waals surface area contributed by atoms with Crippen LogP contribution >= 0.6 is 15.9 Å². The number of aryl methyl sites for hydroxylation is 1. The second kappa shape index (κ2) is 5.40. The molecule has 3 rings (SSSR count). The molecule has 0 unspecified atom stereocenters. The first-order chi connectivity index (χ1) is 10.1. The van der Waals surface area contributed by atoms with Crippen molar-refractivity contribution in [2.45, 2.75) is 6.54 Å². The normalized spacial score (nSPS) is 12.5. The third kappa shape index (κ3) is 2.61. The highest BCUT2D eigenvalue weighted by Gasteiger charge is 2.15. The number of ether oxygens (including phenoxy) is 2. The lowest BCUT2D eigenvalue weighted by Crippen LogP contribution is -2.25. The number of rotatable bonds is 3. The summed E-state index contributed by atoms with van der Waals surface area (Å²) in [5, 5.41) is 4.05. The van der Waals surface area contributed by atoms with Gasteiger partial charge in [-0.05, 0) is 33.6 Å². The molecule has 1 aromatic heterocycles. The van der Waals surface area contributed by atoms with Gasteiger partial charge in [0.2, 0.25) is 6.79 Å². The minimum atomic E-state index is -0.162. The van der Waals surface area contributed by atoms with Gasteiger partial charge in [-0.3, -0.25) is 4.79 Å². The highest BCUT2D eigenvalue weighted by molar-refractivity contribution is 9.10. The average molecular weight is 352 g/mol. The number of anilines is 1. The molecule has 0 spiro atoms. The summed E-state index contributed by atoms with van der Waals surface area (Å²) in [5.74, 6) is 1.51. The third-order valence-electron chi connectivity index (χ3n) is 3.33. The Labute approximate surface area is 130 Å². The van der Waals surface area contributed by atoms with Gasteiger partial charge in [0.15, 0.2) is 11.5 Å². The van der Waals surface area contributed by atoms with Crippen molar-refractivity contribution in [3.05, 3.63) is 44.8 Å². The summed E-state index contributed by atoms with van der Waals surface area (Å²) >= 11 is 3.34. The van der Waals surface area contributed by atoms with Crippen LogP contribution in [0.3, 0.4) is 0 Å². The maximum atomic E-state index is 11.9. The summed E-state index contributed by atoms with van der Waals surface area (Å²) in [4.78, 5) is 13.8. The first-order valence-corrected chi connectivity index (χ1v) is 7.17. The molecular formula is C14H14BrN3O3. The minimum Gasteiger partial charge on any atom is -0.454 e. The Hall–Kier alpha value is -2.02. The lowest BCUT2D eigenvalue weighted by molar-refractivity contribution is 0.174. The fourth-order valence-electron chi connectivity index (χ4n) is 2.17. The highest BCUT2D eigenvalue weighted by atomic mass is 79.9. The van der Waals surface area contributed by atoms with Crippen LogP contribution in [0.4, 0.5) is 5.69 Å². The molecule has 0 N–H and O–H groups in total. The van der Waals surface area contributed by atoms with Crippen LogP contribution in [-0.4, -0.2) is 23.6 Å². The monoisotopic (exact) mass is 351 g/mol. The summed E-state index contributed by atoms with van der Waals surface area (Å²) < 4.78 is 12.5. The van der Waals surface area contributed by atoms with Gasteiger partial charge in [-0.2, -0.15) is 5.10 Å². The molecule has 0 aliphatic carbocycles. The third-order valence-corrected chi connectivity index (χ3v) is 4.07. The Morgan fingerprint density at radius 2 is 2.14 bits per heavy atom. The van der Waals surface area contributed by atoms with Crippen molar-refractivity contribution in [2.75, 3.05) is 18.7 Å². The molecule has 0 atom stereocenters. The predicted octanol–water partition coefficient (Wildman–Crippen LogP) is 1.91. The van der Waals surface area contributed by atoms with E-state index in [1.165, 1.54) is 4.68 Å². The van der Waals surface area contributed by atoms with Gasteiger partial charge in [-0.15, -0.1) is 0 Å². The Morgan fingerprint density at radius 3 is 2.95 bits per heavy atom. The molecule has 2 heterocycles. The molecule has 110 valence electrons. The van der Waals surface area contributed by atoms with E-state index < -0.39 is 0 Å². The predicted molar refractivity (Wildman–Crippen MR) is 81.9 cm³/mol. The number of aromatic nitrogens is 2. The second-order valence-electron chi connectivity index (χ2n) is 4.82. The SMILES string of the molecule is CN(Cc1ccc2c(c1)OCO2)c1cnn(C)c(=O)c1Br. The van der Waals surface area contributed by atoms with E-state index in [4.69, 9.17) is 9.47 Å². The first kappa shape index (κ1) is 13.9. The molecule has 0 bridgehead atoms. The van der Waals surface area contributed by atoms with E-state index in [9.17, 15) is 4.79 Å². The van der Waals surface area contributed by atoms with Crippen LogP contribution in [0.1, 0.15) is 5.56 Å². The summed E-state index contributed by atoms with van der Waals surface area (Å²) in [7, 11) is 3.53. The van der Waals surface area contributed by atoms with Crippen LogP contribution in [0.2, 0.25) is 0 Å². The topological polar surface area (TPSA) is 56.6 Å². The van der Waals surface area contributed by atoms with E-state index in [0.717, 1.165) is 22.7 Å². The number of fused-ring (bicyclic) bond motifs is 1. The summed E-state index contributed by atoms with van der Waals surface area (Å²) in [6, 6.07) is 5.82. The van der Waals surface area contributed by atoms with E-state index in [2.05, 4.69) is 21.0 Å². The van der Waals surface area contributed by atoms with Crippen molar-refractivity contribution in [1.82, 2.24) is 9.78 Å². The molecule has 1 aromatic carbocycles. The molecule has 21 heavy (non-hydrogen) atoms. The number of hydrogen-bond acceptors (Lipinski definition) is 5. The van der Waals surface area contributed by atoms with Gasteiger partial charge < -0.3 is 14.4 Å². The summed E-state index contributed by atoms with van der Waals surface area (Å²) in [6.45, 7) is 0.892. The van der Waals surface area contributed by atoms with Crippen molar-refractivity contribution >= 4 is 21.6 Å². The molecule has 7 heteroatoms. The van der Waals surface area contributed by atoms with Crippen molar-refractivity contribution < 1.29 is 9.47 Å². The zero-order valence-corrected chi connectivity index (χ0v) is 13.3. The van der Waals surface area contributed by atoms with Crippen molar-refractivity contribution in [3.8, 4) is 11.5 Å². The van der Waals surface area contributed by atoms with Crippen LogP contribution < -0.4 is 19.9 Å². The number of hydrogen-bond donors (Lipinski definition) is 0. The van der Waals surface area contributed by atoms with E-state index in [1.807, 2.05) is 30.1 Å². The fourth-order valence-corrected chi connectivity index (χ4v) is 2.83. The molecule has 0 fully saturated rings. The largest absolute Gasteiger partial charge is 0.454 e. The van der Waals surface area contributed by atoms with Gasteiger partial charge in [0.1, 0.15) is 4.47 Å². The fraction of sp³-hybridized carbons (Fsp3) is 0.286. The Bertz CT molecular complexity index is 745. The van der Waals surface area contributed by atoms with Crippen LogP contribution in [0.5, 0.6) is 11.5 Å². The highest BCUT2D eigenvalue weighted by Crippen LogP contribution is 2.33. The van der Waals surface area contributed by atoms with Gasteiger partial charge in [-0.1, -0.05) is 6.07 Å². The van der Waals surface area contributed by atoms with E-state index in [0.29, 0.717) is 11.0 Å². The maximum Gasteiger partial charge on any atom is 0.282 e. The Kier molecular flexibility index (Phi) is 3.59. The second-order valence-corrected chi connectivity index (χ2v) is 5.61. The standard InChI is InChI=1S/C14H14BrN3O3/c1-17(10-6-16-18(2)14(19)13(10)15)7-9-3-4-11-12(5-9)21-8-20-11/h3-6H,7-8H2,1-2H3. The maximum absolute atomic E-state index is 11.9. The van der Waals surface area contributed by atoms with E-state index >= 15 is 0 Å². The van der Waals surface area contributed by atoms with Gasteiger partial charge >= 0.3 is 0 Å². The summed E-state index contributed by atoms with van der Waals surface area (Å²) in [6.07, 6.45) is 1.67. The van der Waals surface area contributed by atoms with Gasteiger partial charge in [0, 0.05) is 20.6 Å². The van der Waals surface area contributed by atoms with Crippen molar-refractivity contribution in [3.63, 3.8) is 0 Å². The van der Waals surface area contributed by atoms with Crippen LogP contribution in [0.15, 0.2) is 33.7 Å². The van der Waals surface area contributed by atoms with Gasteiger partial charge in [0.05, 0.1) is 11.9 Å². The molecule has 2 aromatic rings. The lowest BCUT2D eigenvalue weighted by Gasteiger charge is -2.20. The van der Waals surface area contributed by atoms with Crippen LogP contribution in [0, 0.1) is 0 Å². The molecule has 1 aliphatic heterocycles. The average Bonchev–Trinajstić information content (AvgIpc) is 2.92. The first-order valence-electron chi connectivity index (χ1n) is 6.38. The summed E-state index contributed by atoms with van der Waals surface area (Å²) in [5.41, 5.74) is 1.65. The molecule has 0 amide bonds. The smallest absolute Gasteiger partial charge is 0.282 e.